The summed E-state index contributed by atoms with van der Waals surface area (Å²) in [5.74, 6) is -0.763. The zero-order chi connectivity index (χ0) is 12.3. The second-order valence-electron chi connectivity index (χ2n) is 5.14. The van der Waals surface area contributed by atoms with Gasteiger partial charge in [0.1, 0.15) is 0 Å². The summed E-state index contributed by atoms with van der Waals surface area (Å²) in [6.45, 7) is 5.22. The van der Waals surface area contributed by atoms with Crippen LogP contribution in [-0.2, 0) is 9.53 Å². The van der Waals surface area contributed by atoms with Crippen molar-refractivity contribution in [2.45, 2.75) is 43.7 Å². The molecule has 0 aromatic carbocycles. The Hall–Kier alpha value is -0.870. The van der Waals surface area contributed by atoms with Gasteiger partial charge in [0.15, 0.2) is 0 Å². The van der Waals surface area contributed by atoms with Crippen molar-refractivity contribution in [3.63, 3.8) is 0 Å². The number of carboxylic acids is 1. The van der Waals surface area contributed by atoms with Crippen molar-refractivity contribution >= 4 is 5.97 Å². The Bertz CT molecular complexity index is 299. The van der Waals surface area contributed by atoms with E-state index in [0.717, 1.165) is 32.3 Å². The number of carboxylic acid groups (broad SMARTS) is 1. The van der Waals surface area contributed by atoms with Gasteiger partial charge in [-0.1, -0.05) is 6.08 Å². The fourth-order valence-electron chi connectivity index (χ4n) is 2.92. The van der Waals surface area contributed by atoms with Crippen molar-refractivity contribution in [1.82, 2.24) is 4.90 Å². The van der Waals surface area contributed by atoms with E-state index >= 15 is 0 Å². The molecule has 1 aliphatic heterocycles. The second-order valence-corrected chi connectivity index (χ2v) is 5.14. The molecule has 0 radical (unpaired) electrons. The number of nitrogens with zero attached hydrogens (tertiary/aromatic N) is 1. The summed E-state index contributed by atoms with van der Waals surface area (Å²) in [5, 5.41) is 8.94. The van der Waals surface area contributed by atoms with Crippen LogP contribution >= 0.6 is 0 Å². The maximum absolute atomic E-state index is 10.9. The molecule has 1 aliphatic carbocycles. The molecule has 0 amide bonds. The van der Waals surface area contributed by atoms with Crippen LogP contribution in [-0.4, -0.2) is 47.3 Å². The lowest BCUT2D eigenvalue weighted by molar-refractivity contribution is -0.154. The van der Waals surface area contributed by atoms with Crippen LogP contribution in [0.1, 0.15) is 32.1 Å². The van der Waals surface area contributed by atoms with Gasteiger partial charge in [0.2, 0.25) is 0 Å². The third kappa shape index (κ3) is 2.87. The zero-order valence-electron chi connectivity index (χ0n) is 10.2. The summed E-state index contributed by atoms with van der Waals surface area (Å²) < 4.78 is 5.87. The molecule has 17 heavy (non-hydrogen) atoms. The highest BCUT2D eigenvalue weighted by Gasteiger charge is 2.43. The minimum absolute atomic E-state index is 0.0703. The number of hydrogen-bond acceptors (Lipinski definition) is 3. The summed E-state index contributed by atoms with van der Waals surface area (Å²) >= 11 is 0. The van der Waals surface area contributed by atoms with Gasteiger partial charge in [-0.25, -0.2) is 0 Å². The van der Waals surface area contributed by atoms with Gasteiger partial charge in [0.05, 0.1) is 12.1 Å². The Morgan fingerprint density at radius 1 is 1.59 bits per heavy atom. The summed E-state index contributed by atoms with van der Waals surface area (Å²) in [4.78, 5) is 12.9. The molecule has 1 spiro atoms. The highest BCUT2D eigenvalue weighted by atomic mass is 16.5. The Kier molecular flexibility index (Phi) is 3.84. The van der Waals surface area contributed by atoms with E-state index in [4.69, 9.17) is 9.84 Å². The van der Waals surface area contributed by atoms with Crippen molar-refractivity contribution in [3.05, 3.63) is 12.7 Å². The molecule has 2 rings (SSSR count). The van der Waals surface area contributed by atoms with Crippen LogP contribution in [0.4, 0.5) is 0 Å². The van der Waals surface area contributed by atoms with E-state index in [-0.39, 0.29) is 12.1 Å². The highest BCUT2D eigenvalue weighted by molar-refractivity contribution is 5.69. The standard InChI is InChI=1S/C13H21NO3/c1-2-7-14(10-12(15)16)11-4-8-17-13(9-11)5-3-6-13/h2,11H,1,3-10H2,(H,15,16). The molecule has 0 aromatic heterocycles. The summed E-state index contributed by atoms with van der Waals surface area (Å²) in [7, 11) is 0. The molecule has 0 bridgehead atoms. The lowest BCUT2D eigenvalue weighted by atomic mass is 9.73. The number of aliphatic carboxylic acids is 1. The molecule has 0 aromatic rings. The van der Waals surface area contributed by atoms with Crippen molar-refractivity contribution in [2.75, 3.05) is 19.7 Å². The fraction of sp³-hybridized carbons (Fsp3) is 0.769. The van der Waals surface area contributed by atoms with Gasteiger partial charge in [-0.3, -0.25) is 9.69 Å². The quantitative estimate of drug-likeness (QED) is 0.741. The van der Waals surface area contributed by atoms with Gasteiger partial charge in [-0.15, -0.1) is 6.58 Å². The topological polar surface area (TPSA) is 49.8 Å². The summed E-state index contributed by atoms with van der Waals surface area (Å²) in [6.07, 6.45) is 7.22. The van der Waals surface area contributed by atoms with E-state index in [2.05, 4.69) is 6.58 Å². The van der Waals surface area contributed by atoms with Crippen molar-refractivity contribution < 1.29 is 14.6 Å². The molecule has 4 nitrogen and oxygen atoms in total. The van der Waals surface area contributed by atoms with Gasteiger partial charge in [0.25, 0.3) is 0 Å². The second kappa shape index (κ2) is 5.19. The average molecular weight is 239 g/mol. The Morgan fingerprint density at radius 3 is 2.88 bits per heavy atom. The summed E-state index contributed by atoms with van der Waals surface area (Å²) in [5.41, 5.74) is 0.0703. The van der Waals surface area contributed by atoms with Crippen LogP contribution in [0.2, 0.25) is 0 Å². The third-order valence-electron chi connectivity index (χ3n) is 3.95. The predicted molar refractivity (Wildman–Crippen MR) is 65.0 cm³/mol. The molecule has 1 unspecified atom stereocenters. The summed E-state index contributed by atoms with van der Waals surface area (Å²) in [6, 6.07) is 0.332. The molecule has 2 aliphatic rings. The van der Waals surface area contributed by atoms with Crippen LogP contribution in [0.3, 0.4) is 0 Å². The lowest BCUT2D eigenvalue weighted by Crippen LogP contribution is -2.53. The largest absolute Gasteiger partial charge is 0.480 e. The van der Waals surface area contributed by atoms with Crippen molar-refractivity contribution in [3.8, 4) is 0 Å². The first-order chi connectivity index (χ1) is 8.15. The SMILES string of the molecule is C=CCN(CC(=O)O)C1CCOC2(CCC2)C1. The predicted octanol–water partition coefficient (Wildman–Crippen LogP) is 1.66. The van der Waals surface area contributed by atoms with Crippen LogP contribution in [0.25, 0.3) is 0 Å². The number of hydrogen-bond donors (Lipinski definition) is 1. The number of ether oxygens (including phenoxy) is 1. The average Bonchev–Trinajstić information content (AvgIpc) is 2.26. The molecule has 1 heterocycles. The first-order valence-corrected chi connectivity index (χ1v) is 6.36. The normalized spacial score (nSPS) is 26.8. The first-order valence-electron chi connectivity index (χ1n) is 6.36. The third-order valence-corrected chi connectivity index (χ3v) is 3.95. The van der Waals surface area contributed by atoms with Crippen LogP contribution < -0.4 is 0 Å². The van der Waals surface area contributed by atoms with Crippen LogP contribution in [0.5, 0.6) is 0 Å². The maximum atomic E-state index is 10.9. The van der Waals surface area contributed by atoms with E-state index < -0.39 is 5.97 Å². The minimum atomic E-state index is -0.763. The molecule has 1 atom stereocenters. The van der Waals surface area contributed by atoms with Crippen LogP contribution in [0.15, 0.2) is 12.7 Å². The van der Waals surface area contributed by atoms with E-state index in [0.29, 0.717) is 12.6 Å². The molecule has 1 N–H and O–H groups in total. The van der Waals surface area contributed by atoms with Crippen molar-refractivity contribution in [1.29, 1.82) is 0 Å². The smallest absolute Gasteiger partial charge is 0.317 e. The molecule has 96 valence electrons. The Balaban J connectivity index is 1.96. The van der Waals surface area contributed by atoms with Crippen molar-refractivity contribution in [2.24, 2.45) is 0 Å². The van der Waals surface area contributed by atoms with Gasteiger partial charge >= 0.3 is 5.97 Å². The monoisotopic (exact) mass is 239 g/mol. The lowest BCUT2D eigenvalue weighted by Gasteiger charge is -2.49. The molecule has 4 heteroatoms. The van der Waals surface area contributed by atoms with E-state index in [9.17, 15) is 4.79 Å². The van der Waals surface area contributed by atoms with E-state index in [1.807, 2.05) is 4.90 Å². The Labute approximate surface area is 102 Å². The highest BCUT2D eigenvalue weighted by Crippen LogP contribution is 2.43. The number of rotatable bonds is 5. The van der Waals surface area contributed by atoms with Crippen LogP contribution in [0, 0.1) is 0 Å². The molecular weight excluding hydrogens is 218 g/mol. The van der Waals surface area contributed by atoms with Gasteiger partial charge in [-0.2, -0.15) is 0 Å². The van der Waals surface area contributed by atoms with E-state index in [1.165, 1.54) is 6.42 Å². The fourth-order valence-corrected chi connectivity index (χ4v) is 2.92. The van der Waals surface area contributed by atoms with Gasteiger partial charge < -0.3 is 9.84 Å². The first kappa shape index (κ1) is 12.6. The van der Waals surface area contributed by atoms with E-state index in [1.54, 1.807) is 6.08 Å². The van der Waals surface area contributed by atoms with Gasteiger partial charge in [-0.05, 0) is 32.1 Å². The molecular formula is C13H21NO3. The molecule has 2 fully saturated rings. The zero-order valence-corrected chi connectivity index (χ0v) is 10.2. The van der Waals surface area contributed by atoms with Gasteiger partial charge in [0, 0.05) is 19.2 Å². The molecule has 1 saturated heterocycles. The minimum Gasteiger partial charge on any atom is -0.480 e. The Morgan fingerprint density at radius 2 is 2.35 bits per heavy atom. The number of carbonyl (C=O) groups is 1. The maximum Gasteiger partial charge on any atom is 0.317 e. The molecule has 1 saturated carbocycles.